The predicted octanol–water partition coefficient (Wildman–Crippen LogP) is 2.51. The quantitative estimate of drug-likeness (QED) is 0.690. The summed E-state index contributed by atoms with van der Waals surface area (Å²) in [5, 5.41) is 11.0. The van der Waals surface area contributed by atoms with Crippen LogP contribution in [0.2, 0.25) is 0 Å². The van der Waals surface area contributed by atoms with Gasteiger partial charge in [-0.25, -0.2) is 0 Å². The largest absolute Gasteiger partial charge is 0.355 e. The number of carbonyl (C=O) groups is 2. The van der Waals surface area contributed by atoms with Crippen LogP contribution >= 0.6 is 34.9 Å². The molecule has 24 heavy (non-hydrogen) atoms. The molecule has 1 aromatic heterocycles. The van der Waals surface area contributed by atoms with Crippen molar-refractivity contribution < 1.29 is 9.59 Å². The summed E-state index contributed by atoms with van der Waals surface area (Å²) >= 11 is 4.26. The summed E-state index contributed by atoms with van der Waals surface area (Å²) in [7, 11) is 0. The lowest BCUT2D eigenvalue weighted by Crippen LogP contribution is -2.40. The van der Waals surface area contributed by atoms with Crippen LogP contribution in [0.1, 0.15) is 33.1 Å². The molecular weight excluding hydrogens is 364 g/mol. The van der Waals surface area contributed by atoms with Gasteiger partial charge in [0.2, 0.25) is 11.8 Å². The molecule has 6 nitrogen and oxygen atoms in total. The molecule has 1 saturated heterocycles. The van der Waals surface area contributed by atoms with Crippen molar-refractivity contribution in [2.45, 2.75) is 41.8 Å². The van der Waals surface area contributed by atoms with E-state index in [9.17, 15) is 9.59 Å². The van der Waals surface area contributed by atoms with Gasteiger partial charge in [0.1, 0.15) is 0 Å². The van der Waals surface area contributed by atoms with E-state index in [0.29, 0.717) is 24.0 Å². The third-order valence-corrected chi connectivity index (χ3v) is 6.79. The van der Waals surface area contributed by atoms with Gasteiger partial charge in [-0.2, -0.15) is 0 Å². The molecule has 0 spiro atoms. The zero-order valence-corrected chi connectivity index (χ0v) is 16.6. The fourth-order valence-electron chi connectivity index (χ4n) is 2.39. The molecule has 1 aromatic rings. The van der Waals surface area contributed by atoms with Gasteiger partial charge in [-0.15, -0.1) is 10.2 Å². The van der Waals surface area contributed by atoms with Gasteiger partial charge in [0.15, 0.2) is 8.68 Å². The Hall–Kier alpha value is -0.800. The van der Waals surface area contributed by atoms with Crippen LogP contribution in [0.5, 0.6) is 0 Å². The van der Waals surface area contributed by atoms with Crippen molar-refractivity contribution >= 4 is 46.7 Å². The predicted molar refractivity (Wildman–Crippen MR) is 99.6 cm³/mol. The molecule has 1 aliphatic rings. The molecule has 2 heterocycles. The Morgan fingerprint density at radius 3 is 2.67 bits per heavy atom. The molecular formula is C15H24N4O2S3. The SMILES string of the molecule is CCCNC(=O)CSc1nnc(SCC(=O)N2CCC[C@@H](C)C2)s1. The van der Waals surface area contributed by atoms with Crippen LogP contribution in [0, 0.1) is 5.92 Å². The van der Waals surface area contributed by atoms with E-state index >= 15 is 0 Å². The Labute approximate surface area is 155 Å². The Morgan fingerprint density at radius 2 is 2.00 bits per heavy atom. The summed E-state index contributed by atoms with van der Waals surface area (Å²) in [5.74, 6) is 1.54. The first-order valence-electron chi connectivity index (χ1n) is 8.22. The number of rotatable bonds is 8. The molecule has 0 aromatic carbocycles. The smallest absolute Gasteiger partial charge is 0.233 e. The van der Waals surface area contributed by atoms with E-state index in [-0.39, 0.29) is 11.8 Å². The number of carbonyl (C=O) groups excluding carboxylic acids is 2. The number of nitrogens with zero attached hydrogens (tertiary/aromatic N) is 3. The zero-order valence-electron chi connectivity index (χ0n) is 14.1. The van der Waals surface area contributed by atoms with Gasteiger partial charge in [-0.05, 0) is 25.2 Å². The monoisotopic (exact) mass is 388 g/mol. The third-order valence-electron chi connectivity index (χ3n) is 3.62. The highest BCUT2D eigenvalue weighted by Crippen LogP contribution is 2.29. The molecule has 0 aliphatic carbocycles. The van der Waals surface area contributed by atoms with Crippen molar-refractivity contribution in [1.29, 1.82) is 0 Å². The van der Waals surface area contributed by atoms with E-state index in [2.05, 4.69) is 22.4 Å². The Bertz CT molecular complexity index is 553. The average molecular weight is 389 g/mol. The Morgan fingerprint density at radius 1 is 1.29 bits per heavy atom. The minimum atomic E-state index is 0.0145. The van der Waals surface area contributed by atoms with Crippen LogP contribution in [0.25, 0.3) is 0 Å². The number of aromatic nitrogens is 2. The van der Waals surface area contributed by atoms with Crippen LogP contribution in [-0.4, -0.2) is 58.1 Å². The molecule has 2 rings (SSSR count). The summed E-state index contributed by atoms with van der Waals surface area (Å²) < 4.78 is 1.55. The molecule has 0 radical (unpaired) electrons. The van der Waals surface area contributed by atoms with Crippen LogP contribution in [0.3, 0.4) is 0 Å². The van der Waals surface area contributed by atoms with Crippen LogP contribution in [-0.2, 0) is 9.59 Å². The summed E-state index contributed by atoms with van der Waals surface area (Å²) in [5.41, 5.74) is 0. The van der Waals surface area contributed by atoms with E-state index in [1.54, 1.807) is 0 Å². The number of thioether (sulfide) groups is 2. The van der Waals surface area contributed by atoms with E-state index in [4.69, 9.17) is 0 Å². The lowest BCUT2D eigenvalue weighted by Gasteiger charge is -2.30. The lowest BCUT2D eigenvalue weighted by atomic mass is 10.0. The number of hydrogen-bond acceptors (Lipinski definition) is 7. The van der Waals surface area contributed by atoms with Crippen molar-refractivity contribution in [3.05, 3.63) is 0 Å². The second-order valence-electron chi connectivity index (χ2n) is 5.85. The molecule has 1 atom stereocenters. The third kappa shape index (κ3) is 6.60. The minimum absolute atomic E-state index is 0.0145. The first kappa shape index (κ1) is 19.5. The van der Waals surface area contributed by atoms with Gasteiger partial charge < -0.3 is 10.2 Å². The summed E-state index contributed by atoms with van der Waals surface area (Å²) in [6.07, 6.45) is 3.23. The van der Waals surface area contributed by atoms with Gasteiger partial charge in [-0.3, -0.25) is 9.59 Å². The second-order valence-corrected chi connectivity index (χ2v) is 9.27. The normalized spacial score (nSPS) is 17.8. The molecule has 134 valence electrons. The maximum atomic E-state index is 12.2. The topological polar surface area (TPSA) is 75.2 Å². The maximum absolute atomic E-state index is 12.2. The number of amides is 2. The number of nitrogens with one attached hydrogen (secondary N) is 1. The van der Waals surface area contributed by atoms with Gasteiger partial charge in [0.25, 0.3) is 0 Å². The van der Waals surface area contributed by atoms with Crippen LogP contribution in [0.4, 0.5) is 0 Å². The Balaban J connectivity index is 1.71. The molecule has 0 bridgehead atoms. The highest BCUT2D eigenvalue weighted by Gasteiger charge is 2.21. The van der Waals surface area contributed by atoms with Gasteiger partial charge in [-0.1, -0.05) is 48.7 Å². The molecule has 0 unspecified atom stereocenters. The van der Waals surface area contributed by atoms with Gasteiger partial charge in [0.05, 0.1) is 11.5 Å². The molecule has 2 amide bonds. The van der Waals surface area contributed by atoms with Gasteiger partial charge in [0, 0.05) is 19.6 Å². The van der Waals surface area contributed by atoms with Crippen LogP contribution < -0.4 is 5.32 Å². The summed E-state index contributed by atoms with van der Waals surface area (Å²) in [4.78, 5) is 25.8. The number of likely N-dealkylation sites (tertiary alicyclic amines) is 1. The minimum Gasteiger partial charge on any atom is -0.355 e. The van der Waals surface area contributed by atoms with Crippen LogP contribution in [0.15, 0.2) is 8.68 Å². The molecule has 1 N–H and O–H groups in total. The van der Waals surface area contributed by atoms with E-state index in [1.807, 2.05) is 11.8 Å². The second kappa shape index (κ2) is 10.2. The highest BCUT2D eigenvalue weighted by molar-refractivity contribution is 8.03. The molecule has 1 fully saturated rings. The fraction of sp³-hybridized carbons (Fsp3) is 0.733. The van der Waals surface area contributed by atoms with Crippen molar-refractivity contribution in [2.75, 3.05) is 31.1 Å². The molecule has 1 aliphatic heterocycles. The maximum Gasteiger partial charge on any atom is 0.233 e. The fourth-order valence-corrected chi connectivity index (χ4v) is 5.14. The van der Waals surface area contributed by atoms with E-state index in [1.165, 1.54) is 41.3 Å². The Kier molecular flexibility index (Phi) is 8.34. The first-order chi connectivity index (χ1) is 11.6. The zero-order chi connectivity index (χ0) is 17.4. The summed E-state index contributed by atoms with van der Waals surface area (Å²) in [6.45, 7) is 6.65. The number of piperidine rings is 1. The van der Waals surface area contributed by atoms with Crippen molar-refractivity contribution in [3.63, 3.8) is 0 Å². The van der Waals surface area contributed by atoms with Gasteiger partial charge >= 0.3 is 0 Å². The number of hydrogen-bond donors (Lipinski definition) is 1. The summed E-state index contributed by atoms with van der Waals surface area (Å²) in [6, 6.07) is 0. The average Bonchev–Trinajstić information content (AvgIpc) is 3.04. The molecule has 0 saturated carbocycles. The molecule has 9 heteroatoms. The standard InChI is InChI=1S/C15H24N4O2S3/c1-3-6-16-12(20)9-22-14-17-18-15(24-14)23-10-13(21)19-7-4-5-11(2)8-19/h11H,3-10H2,1-2H3,(H,16,20)/t11-/m1/s1. The van der Waals surface area contributed by atoms with E-state index in [0.717, 1.165) is 34.6 Å². The van der Waals surface area contributed by atoms with E-state index < -0.39 is 0 Å². The van der Waals surface area contributed by atoms with Crippen molar-refractivity contribution in [1.82, 2.24) is 20.4 Å². The van der Waals surface area contributed by atoms with Crippen molar-refractivity contribution in [2.24, 2.45) is 5.92 Å². The lowest BCUT2D eigenvalue weighted by molar-refractivity contribution is -0.130. The highest BCUT2D eigenvalue weighted by atomic mass is 32.2. The van der Waals surface area contributed by atoms with Crippen molar-refractivity contribution in [3.8, 4) is 0 Å². The first-order valence-corrected chi connectivity index (χ1v) is 11.0.